The molecule has 0 aromatic heterocycles. The van der Waals surface area contributed by atoms with Gasteiger partial charge >= 0.3 is 0 Å². The number of rotatable bonds is 4. The number of ether oxygens (including phenoxy) is 1. The van der Waals surface area contributed by atoms with Crippen molar-refractivity contribution in [3.05, 3.63) is 47.5 Å². The van der Waals surface area contributed by atoms with Crippen molar-refractivity contribution >= 4 is 26.5 Å². The van der Waals surface area contributed by atoms with E-state index in [4.69, 9.17) is 4.74 Å². The van der Waals surface area contributed by atoms with Crippen LogP contribution in [-0.4, -0.2) is 26.7 Å². The summed E-state index contributed by atoms with van der Waals surface area (Å²) < 4.78 is 6.31. The van der Waals surface area contributed by atoms with Gasteiger partial charge in [0, 0.05) is 10.6 Å². The van der Waals surface area contributed by atoms with Crippen LogP contribution >= 0.6 is 15.8 Å². The van der Waals surface area contributed by atoms with Crippen LogP contribution < -0.4 is 15.3 Å². The second kappa shape index (κ2) is 6.91. The summed E-state index contributed by atoms with van der Waals surface area (Å²) in [6.45, 7) is 13.4. The Bertz CT molecular complexity index is 578. The minimum Gasteiger partial charge on any atom is -0.456 e. The summed E-state index contributed by atoms with van der Waals surface area (Å²) >= 11 is 0. The predicted octanol–water partition coefficient (Wildman–Crippen LogP) is 4.83. The van der Waals surface area contributed by atoms with Gasteiger partial charge in [0.05, 0.1) is 0 Å². The molecule has 1 nitrogen and oxygen atoms in total. The van der Waals surface area contributed by atoms with E-state index in [9.17, 15) is 0 Å². The minimum atomic E-state index is -0.180. The molecule has 0 aliphatic heterocycles. The molecule has 0 unspecified atom stereocenters. The van der Waals surface area contributed by atoms with Gasteiger partial charge in [0.15, 0.2) is 0 Å². The molecule has 2 rings (SSSR count). The van der Waals surface area contributed by atoms with Crippen LogP contribution in [0.1, 0.15) is 11.1 Å². The van der Waals surface area contributed by atoms with Crippen LogP contribution in [0.25, 0.3) is 0 Å². The van der Waals surface area contributed by atoms with Gasteiger partial charge < -0.3 is 4.74 Å². The SMILES string of the molecule is Cc1ccc(Oc2ccc(C)cc2P(C)C)c(P(C)C)c1. The molecule has 0 bridgehead atoms. The van der Waals surface area contributed by atoms with E-state index in [1.807, 2.05) is 0 Å². The second-order valence-electron chi connectivity index (χ2n) is 5.83. The van der Waals surface area contributed by atoms with E-state index in [2.05, 4.69) is 76.9 Å². The van der Waals surface area contributed by atoms with E-state index >= 15 is 0 Å². The molecule has 0 fully saturated rings. The molecule has 0 radical (unpaired) electrons. The number of benzene rings is 2. The molecular formula is C18H24OP2. The van der Waals surface area contributed by atoms with Gasteiger partial charge in [-0.3, -0.25) is 0 Å². The summed E-state index contributed by atoms with van der Waals surface area (Å²) in [7, 11) is -0.359. The molecule has 0 heterocycles. The number of aryl methyl sites for hydroxylation is 2. The maximum absolute atomic E-state index is 6.31. The Hall–Kier alpha value is -0.900. The maximum Gasteiger partial charge on any atom is 0.135 e. The molecule has 0 saturated carbocycles. The molecule has 0 N–H and O–H groups in total. The molecule has 112 valence electrons. The molecule has 3 heteroatoms. The molecule has 0 aliphatic carbocycles. The third-order valence-corrected chi connectivity index (χ3v) is 6.04. The van der Waals surface area contributed by atoms with E-state index in [0.29, 0.717) is 0 Å². The zero-order valence-electron chi connectivity index (χ0n) is 13.8. The minimum absolute atomic E-state index is 0.180. The summed E-state index contributed by atoms with van der Waals surface area (Å²) in [5.74, 6) is 2.03. The summed E-state index contributed by atoms with van der Waals surface area (Å²) in [5.41, 5.74) is 2.59. The summed E-state index contributed by atoms with van der Waals surface area (Å²) in [4.78, 5) is 0. The molecule has 2 aromatic carbocycles. The lowest BCUT2D eigenvalue weighted by Crippen LogP contribution is -2.10. The Morgan fingerprint density at radius 1 is 0.667 bits per heavy atom. The highest BCUT2D eigenvalue weighted by Crippen LogP contribution is 2.35. The van der Waals surface area contributed by atoms with Crippen LogP contribution in [0.2, 0.25) is 0 Å². The van der Waals surface area contributed by atoms with Crippen LogP contribution in [0, 0.1) is 13.8 Å². The van der Waals surface area contributed by atoms with Crippen molar-refractivity contribution in [2.45, 2.75) is 13.8 Å². The van der Waals surface area contributed by atoms with Gasteiger partial charge in [0.25, 0.3) is 0 Å². The van der Waals surface area contributed by atoms with Gasteiger partial charge in [0.1, 0.15) is 11.5 Å². The highest BCUT2D eigenvalue weighted by molar-refractivity contribution is 7.64. The van der Waals surface area contributed by atoms with E-state index in [1.165, 1.54) is 21.7 Å². The summed E-state index contributed by atoms with van der Waals surface area (Å²) in [5, 5.41) is 2.68. The lowest BCUT2D eigenvalue weighted by atomic mass is 10.2. The first-order valence-corrected chi connectivity index (χ1v) is 11.6. The van der Waals surface area contributed by atoms with Crippen molar-refractivity contribution in [2.24, 2.45) is 0 Å². The van der Waals surface area contributed by atoms with Gasteiger partial charge in [-0.2, -0.15) is 0 Å². The molecule has 0 spiro atoms. The number of hydrogen-bond donors (Lipinski definition) is 0. The summed E-state index contributed by atoms with van der Waals surface area (Å²) in [6.07, 6.45) is 0. The zero-order chi connectivity index (χ0) is 15.6. The van der Waals surface area contributed by atoms with Gasteiger partial charge in [-0.1, -0.05) is 39.1 Å². The van der Waals surface area contributed by atoms with Crippen molar-refractivity contribution in [1.82, 2.24) is 0 Å². The average molecular weight is 318 g/mol. The van der Waals surface area contributed by atoms with Crippen molar-refractivity contribution in [2.75, 3.05) is 26.7 Å². The smallest absolute Gasteiger partial charge is 0.135 e. The Balaban J connectivity index is 2.43. The molecule has 2 aromatic rings. The van der Waals surface area contributed by atoms with Crippen LogP contribution in [0.15, 0.2) is 36.4 Å². The van der Waals surface area contributed by atoms with Gasteiger partial charge in [-0.05, 0) is 64.8 Å². The maximum atomic E-state index is 6.31. The second-order valence-corrected chi connectivity index (χ2v) is 10.4. The Morgan fingerprint density at radius 3 is 1.38 bits per heavy atom. The Kier molecular flexibility index (Phi) is 5.42. The topological polar surface area (TPSA) is 9.23 Å². The Morgan fingerprint density at radius 2 is 1.05 bits per heavy atom. The lowest BCUT2D eigenvalue weighted by Gasteiger charge is -2.18. The molecule has 0 amide bonds. The molecule has 0 aliphatic rings. The van der Waals surface area contributed by atoms with Crippen LogP contribution in [0.5, 0.6) is 11.5 Å². The fourth-order valence-corrected chi connectivity index (χ4v) is 4.29. The van der Waals surface area contributed by atoms with E-state index in [-0.39, 0.29) is 15.8 Å². The van der Waals surface area contributed by atoms with Crippen molar-refractivity contribution in [1.29, 1.82) is 0 Å². The van der Waals surface area contributed by atoms with Crippen LogP contribution in [0.3, 0.4) is 0 Å². The molecule has 0 saturated heterocycles. The first-order chi connectivity index (χ1) is 9.88. The van der Waals surface area contributed by atoms with Crippen LogP contribution in [0.4, 0.5) is 0 Å². The fraction of sp³-hybridized carbons (Fsp3) is 0.333. The molecule has 21 heavy (non-hydrogen) atoms. The zero-order valence-corrected chi connectivity index (χ0v) is 15.6. The van der Waals surface area contributed by atoms with Gasteiger partial charge in [-0.15, -0.1) is 0 Å². The largest absolute Gasteiger partial charge is 0.456 e. The highest BCUT2D eigenvalue weighted by Gasteiger charge is 2.13. The monoisotopic (exact) mass is 318 g/mol. The average Bonchev–Trinajstić information content (AvgIpc) is 2.42. The fourth-order valence-electron chi connectivity index (χ4n) is 2.24. The van der Waals surface area contributed by atoms with Crippen LogP contribution in [-0.2, 0) is 0 Å². The van der Waals surface area contributed by atoms with E-state index < -0.39 is 0 Å². The van der Waals surface area contributed by atoms with E-state index in [1.54, 1.807) is 0 Å². The Labute approximate surface area is 131 Å². The standard InChI is InChI=1S/C18H24OP2/c1-13-7-9-15(17(11-13)20(3)4)19-16-10-8-14(2)12-18(16)21(5)6/h7-12H,1-6H3. The third kappa shape index (κ3) is 4.06. The van der Waals surface area contributed by atoms with Crippen molar-refractivity contribution in [3.8, 4) is 11.5 Å². The first kappa shape index (κ1) is 16.5. The molecule has 0 atom stereocenters. The van der Waals surface area contributed by atoms with E-state index in [0.717, 1.165) is 11.5 Å². The van der Waals surface area contributed by atoms with Gasteiger partial charge in [-0.25, -0.2) is 0 Å². The molecular weight excluding hydrogens is 294 g/mol. The highest BCUT2D eigenvalue weighted by atomic mass is 31.1. The van der Waals surface area contributed by atoms with Gasteiger partial charge in [0.2, 0.25) is 0 Å². The lowest BCUT2D eigenvalue weighted by molar-refractivity contribution is 0.490. The van der Waals surface area contributed by atoms with Crippen molar-refractivity contribution in [3.63, 3.8) is 0 Å². The normalized spacial score (nSPS) is 11.2. The van der Waals surface area contributed by atoms with Crippen molar-refractivity contribution < 1.29 is 4.74 Å². The summed E-state index contributed by atoms with van der Waals surface area (Å²) in [6, 6.07) is 13.0. The number of hydrogen-bond acceptors (Lipinski definition) is 1. The predicted molar refractivity (Wildman–Crippen MR) is 99.2 cm³/mol. The third-order valence-electron chi connectivity index (χ3n) is 3.41. The first-order valence-electron chi connectivity index (χ1n) is 7.12. The quantitative estimate of drug-likeness (QED) is 0.734.